The van der Waals surface area contributed by atoms with Crippen molar-refractivity contribution < 1.29 is 18.9 Å². The summed E-state index contributed by atoms with van der Waals surface area (Å²) in [7, 11) is 3.22. The SMILES string of the molecule is CCc1cccc(CC)c1-c1cc(OC(C)C)c(COc2cccc(OC)c2OC)c(C)n1. The molecule has 3 rings (SSSR count). The molecule has 0 N–H and O–H groups in total. The first-order chi connectivity index (χ1) is 15.9. The van der Waals surface area contributed by atoms with Gasteiger partial charge >= 0.3 is 0 Å². The van der Waals surface area contributed by atoms with Crippen molar-refractivity contribution >= 4 is 0 Å². The number of hydrogen-bond donors (Lipinski definition) is 0. The van der Waals surface area contributed by atoms with Crippen LogP contribution in [0.1, 0.15) is 50.1 Å². The second-order valence-corrected chi connectivity index (χ2v) is 8.17. The Labute approximate surface area is 197 Å². The summed E-state index contributed by atoms with van der Waals surface area (Å²) in [4.78, 5) is 5.00. The molecule has 3 aromatic rings. The van der Waals surface area contributed by atoms with Crippen LogP contribution >= 0.6 is 0 Å². The molecular weight excluding hydrogens is 414 g/mol. The van der Waals surface area contributed by atoms with E-state index in [0.717, 1.165) is 35.5 Å². The standard InChI is InChI=1S/C28H35NO4/c1-8-20-12-10-13-21(9-2)27(20)23-16-26(33-18(3)4)22(19(5)29-23)17-32-25-15-11-14-24(30-6)28(25)31-7/h10-16,18H,8-9,17H2,1-7H3. The molecule has 0 bridgehead atoms. The molecule has 0 spiro atoms. The van der Waals surface area contributed by atoms with Crippen LogP contribution in [0.3, 0.4) is 0 Å². The molecule has 33 heavy (non-hydrogen) atoms. The van der Waals surface area contributed by atoms with E-state index < -0.39 is 0 Å². The van der Waals surface area contributed by atoms with Crippen molar-refractivity contribution in [1.82, 2.24) is 4.98 Å². The largest absolute Gasteiger partial charge is 0.493 e. The maximum Gasteiger partial charge on any atom is 0.203 e. The van der Waals surface area contributed by atoms with Gasteiger partial charge < -0.3 is 18.9 Å². The molecule has 5 heteroatoms. The Kier molecular flexibility index (Phi) is 8.21. The minimum Gasteiger partial charge on any atom is -0.493 e. The molecule has 1 aromatic heterocycles. The predicted octanol–water partition coefficient (Wildman–Crippen LogP) is 6.57. The molecule has 0 aliphatic heterocycles. The first kappa shape index (κ1) is 24.4. The van der Waals surface area contributed by atoms with Gasteiger partial charge in [0.15, 0.2) is 11.5 Å². The number of rotatable bonds is 10. The van der Waals surface area contributed by atoms with E-state index >= 15 is 0 Å². The lowest BCUT2D eigenvalue weighted by Gasteiger charge is -2.20. The summed E-state index contributed by atoms with van der Waals surface area (Å²) in [6, 6.07) is 14.1. The molecule has 0 aliphatic rings. The average Bonchev–Trinajstić information content (AvgIpc) is 2.81. The van der Waals surface area contributed by atoms with Crippen LogP contribution in [0, 0.1) is 6.92 Å². The van der Waals surface area contributed by atoms with Crippen molar-refractivity contribution in [1.29, 1.82) is 0 Å². The summed E-state index contributed by atoms with van der Waals surface area (Å²) in [5, 5.41) is 0. The van der Waals surface area contributed by atoms with Crippen LogP contribution in [0.2, 0.25) is 0 Å². The van der Waals surface area contributed by atoms with Crippen LogP contribution in [0.4, 0.5) is 0 Å². The zero-order valence-corrected chi connectivity index (χ0v) is 20.8. The molecule has 5 nitrogen and oxygen atoms in total. The molecule has 0 saturated heterocycles. The third kappa shape index (κ3) is 5.41. The summed E-state index contributed by atoms with van der Waals surface area (Å²) in [5.74, 6) is 2.60. The van der Waals surface area contributed by atoms with Gasteiger partial charge in [-0.3, -0.25) is 4.98 Å². The highest BCUT2D eigenvalue weighted by Crippen LogP contribution is 2.38. The fraction of sp³-hybridized carbons (Fsp3) is 0.393. The van der Waals surface area contributed by atoms with E-state index in [1.54, 1.807) is 14.2 Å². The van der Waals surface area contributed by atoms with E-state index in [0.29, 0.717) is 23.9 Å². The van der Waals surface area contributed by atoms with Crippen LogP contribution in [0.5, 0.6) is 23.0 Å². The summed E-state index contributed by atoms with van der Waals surface area (Å²) >= 11 is 0. The molecule has 0 aliphatic carbocycles. The minimum absolute atomic E-state index is 0.0248. The van der Waals surface area contributed by atoms with Gasteiger partial charge in [-0.1, -0.05) is 38.1 Å². The zero-order valence-electron chi connectivity index (χ0n) is 20.8. The number of methoxy groups -OCH3 is 2. The van der Waals surface area contributed by atoms with Gasteiger partial charge in [-0.25, -0.2) is 0 Å². The maximum atomic E-state index is 6.25. The molecule has 0 fully saturated rings. The maximum absolute atomic E-state index is 6.25. The fourth-order valence-electron chi connectivity index (χ4n) is 4.03. The lowest BCUT2D eigenvalue weighted by molar-refractivity contribution is 0.227. The van der Waals surface area contributed by atoms with E-state index in [-0.39, 0.29) is 6.10 Å². The predicted molar refractivity (Wildman–Crippen MR) is 133 cm³/mol. The smallest absolute Gasteiger partial charge is 0.203 e. The Morgan fingerprint density at radius 2 is 1.48 bits per heavy atom. The number of benzene rings is 2. The molecule has 1 heterocycles. The second kappa shape index (κ2) is 11.1. The normalized spacial score (nSPS) is 10.9. The summed E-state index contributed by atoms with van der Waals surface area (Å²) in [5.41, 5.74) is 6.55. The van der Waals surface area contributed by atoms with Crippen molar-refractivity contribution in [2.45, 2.75) is 60.2 Å². The highest BCUT2D eigenvalue weighted by molar-refractivity contribution is 5.70. The van der Waals surface area contributed by atoms with Gasteiger partial charge in [-0.15, -0.1) is 0 Å². The lowest BCUT2D eigenvalue weighted by atomic mass is 9.94. The monoisotopic (exact) mass is 449 g/mol. The van der Waals surface area contributed by atoms with E-state index in [1.165, 1.54) is 16.7 Å². The lowest BCUT2D eigenvalue weighted by Crippen LogP contribution is -2.12. The summed E-state index contributed by atoms with van der Waals surface area (Å²) in [6.07, 6.45) is 1.92. The second-order valence-electron chi connectivity index (χ2n) is 8.17. The van der Waals surface area contributed by atoms with E-state index in [2.05, 4.69) is 38.1 Å². The van der Waals surface area contributed by atoms with Gasteiger partial charge in [0, 0.05) is 17.3 Å². The third-order valence-electron chi connectivity index (χ3n) is 5.65. The molecule has 2 aromatic carbocycles. The van der Waals surface area contributed by atoms with Crippen LogP contribution in [-0.2, 0) is 19.4 Å². The van der Waals surface area contributed by atoms with Crippen molar-refractivity contribution in [3.8, 4) is 34.3 Å². The molecule has 0 amide bonds. The Morgan fingerprint density at radius 3 is 2.06 bits per heavy atom. The van der Waals surface area contributed by atoms with Crippen molar-refractivity contribution in [3.05, 3.63) is 64.8 Å². The van der Waals surface area contributed by atoms with Crippen LogP contribution in [-0.4, -0.2) is 25.3 Å². The van der Waals surface area contributed by atoms with Gasteiger partial charge in [0.25, 0.3) is 0 Å². The Morgan fingerprint density at radius 1 is 0.848 bits per heavy atom. The summed E-state index contributed by atoms with van der Waals surface area (Å²) in [6.45, 7) is 10.7. The number of hydrogen-bond acceptors (Lipinski definition) is 5. The van der Waals surface area contributed by atoms with Crippen LogP contribution < -0.4 is 18.9 Å². The number of aromatic nitrogens is 1. The molecule has 0 saturated carbocycles. The number of nitrogens with zero attached hydrogens (tertiary/aromatic N) is 1. The first-order valence-corrected chi connectivity index (χ1v) is 11.5. The van der Waals surface area contributed by atoms with E-state index in [4.69, 9.17) is 23.9 Å². The van der Waals surface area contributed by atoms with Crippen molar-refractivity contribution in [2.75, 3.05) is 14.2 Å². The quantitative estimate of drug-likeness (QED) is 0.351. The summed E-state index contributed by atoms with van der Waals surface area (Å²) < 4.78 is 23.3. The number of ether oxygens (including phenoxy) is 4. The van der Waals surface area contributed by atoms with E-state index in [9.17, 15) is 0 Å². The van der Waals surface area contributed by atoms with Gasteiger partial charge in [0.2, 0.25) is 5.75 Å². The molecule has 0 unspecified atom stereocenters. The molecule has 176 valence electrons. The van der Waals surface area contributed by atoms with Crippen LogP contribution in [0.15, 0.2) is 42.5 Å². The zero-order chi connectivity index (χ0) is 24.0. The average molecular weight is 450 g/mol. The third-order valence-corrected chi connectivity index (χ3v) is 5.65. The van der Waals surface area contributed by atoms with Gasteiger partial charge in [0.05, 0.1) is 31.6 Å². The molecular formula is C28H35NO4. The minimum atomic E-state index is 0.0248. The van der Waals surface area contributed by atoms with Gasteiger partial charge in [-0.05, 0) is 56.9 Å². The fourth-order valence-corrected chi connectivity index (χ4v) is 4.03. The van der Waals surface area contributed by atoms with Gasteiger partial charge in [0.1, 0.15) is 12.4 Å². The highest BCUT2D eigenvalue weighted by Gasteiger charge is 2.19. The molecule has 0 atom stereocenters. The Balaban J connectivity index is 2.05. The number of para-hydroxylation sites is 1. The van der Waals surface area contributed by atoms with E-state index in [1.807, 2.05) is 39.0 Å². The topological polar surface area (TPSA) is 49.8 Å². The number of pyridine rings is 1. The van der Waals surface area contributed by atoms with Gasteiger partial charge in [-0.2, -0.15) is 0 Å². The van der Waals surface area contributed by atoms with Crippen molar-refractivity contribution in [3.63, 3.8) is 0 Å². The first-order valence-electron chi connectivity index (χ1n) is 11.5. The number of aryl methyl sites for hydroxylation is 3. The Bertz CT molecular complexity index is 1070. The van der Waals surface area contributed by atoms with Crippen molar-refractivity contribution in [2.24, 2.45) is 0 Å². The van der Waals surface area contributed by atoms with Crippen LogP contribution in [0.25, 0.3) is 11.3 Å². The highest BCUT2D eigenvalue weighted by atomic mass is 16.5. The Hall–Kier alpha value is -3.21. The molecule has 0 radical (unpaired) electrons.